The monoisotopic (exact) mass is 427 g/mol. The van der Waals surface area contributed by atoms with Crippen molar-refractivity contribution in [3.05, 3.63) is 72.2 Å². The Morgan fingerprint density at radius 3 is 2.69 bits per heavy atom. The fourth-order valence-electron chi connectivity index (χ4n) is 4.21. The maximum absolute atomic E-state index is 7.92. The molecule has 2 aromatic carbocycles. The van der Waals surface area contributed by atoms with Crippen LogP contribution in [0, 0.1) is 5.41 Å². The van der Waals surface area contributed by atoms with E-state index in [4.69, 9.17) is 9.93 Å². The van der Waals surface area contributed by atoms with Gasteiger partial charge in [-0.25, -0.2) is 4.68 Å². The van der Waals surface area contributed by atoms with Gasteiger partial charge in [-0.15, -0.1) is 5.10 Å². The second-order valence-electron chi connectivity index (χ2n) is 8.16. The van der Waals surface area contributed by atoms with Crippen LogP contribution in [0.25, 0.3) is 22.6 Å². The predicted molar refractivity (Wildman–Crippen MR) is 121 cm³/mol. The number of amidine groups is 1. The van der Waals surface area contributed by atoms with Crippen molar-refractivity contribution in [3.63, 3.8) is 0 Å². The third-order valence-corrected chi connectivity index (χ3v) is 5.85. The molecule has 0 spiro atoms. The standard InChI is InChI=1S/C24H25N7O/c1-17(25)31-13-5-8-21(31)14-23-26-24(28-32-23)20-11-9-18(10-12-20)15-30-16-22(27-29-30)19-6-3-2-4-7-19/h2-4,6-7,9-12,16,21,25H,5,8,13-15H2,1H3. The van der Waals surface area contributed by atoms with Gasteiger partial charge in [-0.2, -0.15) is 4.98 Å². The minimum Gasteiger partial charge on any atom is -0.357 e. The SMILES string of the molecule is CC(=N)N1CCCC1Cc1nc(-c2ccc(Cn3cc(-c4ccccc4)nn3)cc2)no1. The molecular weight excluding hydrogens is 402 g/mol. The summed E-state index contributed by atoms with van der Waals surface area (Å²) < 4.78 is 7.33. The molecule has 4 aromatic rings. The Balaban J connectivity index is 1.24. The number of nitrogens with one attached hydrogen (secondary N) is 1. The van der Waals surface area contributed by atoms with Gasteiger partial charge in [0.25, 0.3) is 0 Å². The Kier molecular flexibility index (Phi) is 5.49. The Bertz CT molecular complexity index is 1200. The first-order valence-corrected chi connectivity index (χ1v) is 10.8. The maximum Gasteiger partial charge on any atom is 0.229 e. The number of benzene rings is 2. The highest BCUT2D eigenvalue weighted by Crippen LogP contribution is 2.23. The fourth-order valence-corrected chi connectivity index (χ4v) is 4.21. The topological polar surface area (TPSA) is 96.7 Å². The molecule has 1 fully saturated rings. The molecule has 32 heavy (non-hydrogen) atoms. The summed E-state index contributed by atoms with van der Waals surface area (Å²) >= 11 is 0. The van der Waals surface area contributed by atoms with Crippen molar-refractivity contribution >= 4 is 5.84 Å². The van der Waals surface area contributed by atoms with Crippen LogP contribution in [0.2, 0.25) is 0 Å². The largest absolute Gasteiger partial charge is 0.357 e. The lowest BCUT2D eigenvalue weighted by Gasteiger charge is -2.23. The smallest absolute Gasteiger partial charge is 0.229 e. The zero-order chi connectivity index (χ0) is 21.9. The quantitative estimate of drug-likeness (QED) is 0.368. The molecule has 8 nitrogen and oxygen atoms in total. The van der Waals surface area contributed by atoms with E-state index in [1.807, 2.05) is 72.4 Å². The molecule has 1 unspecified atom stereocenters. The van der Waals surface area contributed by atoms with E-state index in [0.29, 0.717) is 30.5 Å². The highest BCUT2D eigenvalue weighted by Gasteiger charge is 2.27. The van der Waals surface area contributed by atoms with Crippen molar-refractivity contribution in [1.29, 1.82) is 5.41 Å². The summed E-state index contributed by atoms with van der Waals surface area (Å²) in [5.74, 6) is 1.82. The molecule has 1 saturated heterocycles. The summed E-state index contributed by atoms with van der Waals surface area (Å²) in [5.41, 5.74) is 3.95. The van der Waals surface area contributed by atoms with Crippen LogP contribution in [-0.2, 0) is 13.0 Å². The summed E-state index contributed by atoms with van der Waals surface area (Å²) in [6.07, 6.45) is 4.78. The van der Waals surface area contributed by atoms with Crippen LogP contribution in [-0.4, -0.2) is 48.5 Å². The van der Waals surface area contributed by atoms with Gasteiger partial charge >= 0.3 is 0 Å². The summed E-state index contributed by atoms with van der Waals surface area (Å²) in [7, 11) is 0. The number of likely N-dealkylation sites (tertiary alicyclic amines) is 1. The lowest BCUT2D eigenvalue weighted by molar-refractivity contribution is 0.321. The van der Waals surface area contributed by atoms with E-state index in [1.54, 1.807) is 0 Å². The number of hydrogen-bond donors (Lipinski definition) is 1. The minimum absolute atomic E-state index is 0.270. The molecular formula is C24H25N7O. The van der Waals surface area contributed by atoms with Crippen LogP contribution in [0.15, 0.2) is 65.3 Å². The van der Waals surface area contributed by atoms with Crippen molar-refractivity contribution in [3.8, 4) is 22.6 Å². The van der Waals surface area contributed by atoms with Crippen molar-refractivity contribution in [2.45, 2.75) is 38.8 Å². The molecule has 0 saturated carbocycles. The second-order valence-corrected chi connectivity index (χ2v) is 8.16. The van der Waals surface area contributed by atoms with E-state index in [9.17, 15) is 0 Å². The molecule has 0 bridgehead atoms. The van der Waals surface area contributed by atoms with Gasteiger partial charge in [-0.1, -0.05) is 65.0 Å². The fraction of sp³-hybridized carbons (Fsp3) is 0.292. The first kappa shape index (κ1) is 20.1. The Morgan fingerprint density at radius 2 is 1.91 bits per heavy atom. The van der Waals surface area contributed by atoms with E-state index in [1.165, 1.54) is 0 Å². The van der Waals surface area contributed by atoms with E-state index in [2.05, 4.69) is 25.4 Å². The van der Waals surface area contributed by atoms with E-state index < -0.39 is 0 Å². The van der Waals surface area contributed by atoms with Gasteiger partial charge < -0.3 is 9.42 Å². The summed E-state index contributed by atoms with van der Waals surface area (Å²) in [6, 6.07) is 18.4. The van der Waals surface area contributed by atoms with Crippen LogP contribution < -0.4 is 0 Å². The van der Waals surface area contributed by atoms with E-state index in [0.717, 1.165) is 41.8 Å². The number of hydrogen-bond acceptors (Lipinski definition) is 6. The molecule has 1 aliphatic rings. The first-order valence-electron chi connectivity index (χ1n) is 10.8. The number of aromatic nitrogens is 5. The van der Waals surface area contributed by atoms with Crippen molar-refractivity contribution in [2.75, 3.05) is 6.54 Å². The molecule has 0 amide bonds. The van der Waals surface area contributed by atoms with Crippen LogP contribution in [0.5, 0.6) is 0 Å². The highest BCUT2D eigenvalue weighted by atomic mass is 16.5. The van der Waals surface area contributed by atoms with Crippen LogP contribution >= 0.6 is 0 Å². The molecule has 0 aliphatic carbocycles. The molecule has 1 aliphatic heterocycles. The summed E-state index contributed by atoms with van der Waals surface area (Å²) in [4.78, 5) is 6.70. The van der Waals surface area contributed by atoms with Crippen LogP contribution in [0.3, 0.4) is 0 Å². The zero-order valence-electron chi connectivity index (χ0n) is 18.0. The van der Waals surface area contributed by atoms with Crippen molar-refractivity contribution in [1.82, 2.24) is 30.0 Å². The van der Waals surface area contributed by atoms with Gasteiger partial charge in [0, 0.05) is 30.1 Å². The first-order chi connectivity index (χ1) is 15.7. The van der Waals surface area contributed by atoms with Crippen LogP contribution in [0.1, 0.15) is 31.2 Å². The minimum atomic E-state index is 0.270. The normalized spacial score (nSPS) is 15.9. The number of nitrogens with zero attached hydrogens (tertiary/aromatic N) is 6. The van der Waals surface area contributed by atoms with Crippen molar-refractivity contribution < 1.29 is 4.52 Å². The number of rotatable bonds is 6. The molecule has 5 rings (SSSR count). The molecule has 3 heterocycles. The Hall–Kier alpha value is -3.81. The zero-order valence-corrected chi connectivity index (χ0v) is 18.0. The third kappa shape index (κ3) is 4.30. The van der Waals surface area contributed by atoms with Gasteiger partial charge in [0.1, 0.15) is 5.69 Å². The van der Waals surface area contributed by atoms with E-state index >= 15 is 0 Å². The Labute approximate surface area is 186 Å². The van der Waals surface area contributed by atoms with Gasteiger partial charge in [-0.05, 0) is 25.3 Å². The predicted octanol–water partition coefficient (Wildman–Crippen LogP) is 4.05. The second kappa shape index (κ2) is 8.74. The van der Waals surface area contributed by atoms with Gasteiger partial charge in [0.2, 0.25) is 11.7 Å². The summed E-state index contributed by atoms with van der Waals surface area (Å²) in [6.45, 7) is 3.40. The molecule has 162 valence electrons. The van der Waals surface area contributed by atoms with Gasteiger partial charge in [-0.3, -0.25) is 5.41 Å². The third-order valence-electron chi connectivity index (χ3n) is 5.85. The molecule has 2 aromatic heterocycles. The lowest BCUT2D eigenvalue weighted by atomic mass is 10.1. The van der Waals surface area contributed by atoms with Crippen LogP contribution in [0.4, 0.5) is 0 Å². The van der Waals surface area contributed by atoms with E-state index in [-0.39, 0.29) is 6.04 Å². The molecule has 8 heteroatoms. The molecule has 1 atom stereocenters. The average molecular weight is 428 g/mol. The molecule has 0 radical (unpaired) electrons. The van der Waals surface area contributed by atoms with Gasteiger partial charge in [0.15, 0.2) is 0 Å². The highest BCUT2D eigenvalue weighted by molar-refractivity contribution is 5.76. The average Bonchev–Trinajstić information content (AvgIpc) is 3.57. The maximum atomic E-state index is 7.92. The Morgan fingerprint density at radius 1 is 1.09 bits per heavy atom. The lowest BCUT2D eigenvalue weighted by Crippen LogP contribution is -2.34. The van der Waals surface area contributed by atoms with Gasteiger partial charge in [0.05, 0.1) is 18.6 Å². The van der Waals surface area contributed by atoms with Crippen molar-refractivity contribution in [2.24, 2.45) is 0 Å². The summed E-state index contributed by atoms with van der Waals surface area (Å²) in [5, 5.41) is 20.6. The molecule has 1 N–H and O–H groups in total.